The average molecular weight is 562 g/mol. The van der Waals surface area contributed by atoms with E-state index in [0.717, 1.165) is 11.4 Å². The van der Waals surface area contributed by atoms with Gasteiger partial charge in [-0.05, 0) is 87.4 Å². The van der Waals surface area contributed by atoms with E-state index in [1.54, 1.807) is 44.2 Å². The second kappa shape index (κ2) is 11.3. The molecule has 0 radical (unpaired) electrons. The van der Waals surface area contributed by atoms with Crippen LogP contribution in [-0.2, 0) is 14.8 Å². The lowest BCUT2D eigenvalue weighted by molar-refractivity contribution is -0.120. The first-order valence-corrected chi connectivity index (χ1v) is 14.3. The summed E-state index contributed by atoms with van der Waals surface area (Å²) in [6.07, 6.45) is 1.28. The van der Waals surface area contributed by atoms with E-state index in [-0.39, 0.29) is 28.4 Å². The Bertz CT molecular complexity index is 1590. The summed E-state index contributed by atoms with van der Waals surface area (Å²) < 4.78 is 41.2. The highest BCUT2D eigenvalue weighted by atomic mass is 32.2. The van der Waals surface area contributed by atoms with E-state index in [0.29, 0.717) is 48.8 Å². The molecule has 1 aliphatic rings. The second-order valence-corrected chi connectivity index (χ2v) is 11.3. The summed E-state index contributed by atoms with van der Waals surface area (Å²) in [5.41, 5.74) is 2.62. The van der Waals surface area contributed by atoms with Crippen molar-refractivity contribution in [2.45, 2.75) is 31.6 Å². The number of carbonyl (C=O) groups is 1. The van der Waals surface area contributed by atoms with Gasteiger partial charge in [0.15, 0.2) is 5.82 Å². The maximum atomic E-state index is 13.2. The zero-order chi connectivity index (χ0) is 28.3. The smallest absolute Gasteiger partial charge is 0.263 e. The number of nitrogens with one attached hydrogen (secondary N) is 2. The molecule has 12 heteroatoms. The molecule has 4 aromatic rings. The van der Waals surface area contributed by atoms with Gasteiger partial charge in [-0.1, -0.05) is 0 Å². The van der Waals surface area contributed by atoms with Crippen molar-refractivity contribution in [1.82, 2.24) is 20.2 Å². The van der Waals surface area contributed by atoms with Crippen LogP contribution in [-0.4, -0.2) is 47.6 Å². The summed E-state index contributed by atoms with van der Waals surface area (Å²) in [7, 11) is -3.85. The minimum atomic E-state index is -3.85. The number of rotatable bonds is 7. The molecule has 2 N–H and O–H groups in total. The van der Waals surface area contributed by atoms with Crippen LogP contribution in [0.5, 0.6) is 0 Å². The molecule has 206 valence electrons. The highest BCUT2D eigenvalue weighted by Crippen LogP contribution is 2.25. The summed E-state index contributed by atoms with van der Waals surface area (Å²) in [5.74, 6) is 0.789. The molecular formula is C28H28FN7O3S. The van der Waals surface area contributed by atoms with Gasteiger partial charge in [0.05, 0.1) is 10.6 Å². The summed E-state index contributed by atoms with van der Waals surface area (Å²) in [5, 5.41) is 11.5. The Kier molecular flexibility index (Phi) is 7.69. The van der Waals surface area contributed by atoms with Crippen LogP contribution in [0.2, 0.25) is 0 Å². The predicted octanol–water partition coefficient (Wildman–Crippen LogP) is 4.35. The SMILES string of the molecule is Cc1cc(NS(=O)(=O)c2ccc(NC(=O)C3CCN(c4ccc(-c5ccc(F)cc5)nn4)CC3)cc2)nc(C)n1. The Morgan fingerprint density at radius 2 is 1.62 bits per heavy atom. The van der Waals surface area contributed by atoms with Gasteiger partial charge < -0.3 is 10.2 Å². The summed E-state index contributed by atoms with van der Waals surface area (Å²) in [4.78, 5) is 23.3. The lowest BCUT2D eigenvalue weighted by atomic mass is 9.96. The third-order valence-corrected chi connectivity index (χ3v) is 7.99. The van der Waals surface area contributed by atoms with E-state index in [2.05, 4.69) is 35.1 Å². The molecule has 5 rings (SSSR count). The van der Waals surface area contributed by atoms with Gasteiger partial charge in [-0.15, -0.1) is 10.2 Å². The van der Waals surface area contributed by atoms with Gasteiger partial charge in [0.1, 0.15) is 17.5 Å². The van der Waals surface area contributed by atoms with Crippen LogP contribution in [0, 0.1) is 25.6 Å². The van der Waals surface area contributed by atoms with Crippen LogP contribution in [0.3, 0.4) is 0 Å². The van der Waals surface area contributed by atoms with E-state index in [9.17, 15) is 17.6 Å². The number of benzene rings is 2. The van der Waals surface area contributed by atoms with Crippen LogP contribution < -0.4 is 14.9 Å². The van der Waals surface area contributed by atoms with E-state index in [1.165, 1.54) is 24.3 Å². The van der Waals surface area contributed by atoms with E-state index in [1.807, 2.05) is 12.1 Å². The third-order valence-electron chi connectivity index (χ3n) is 6.62. The summed E-state index contributed by atoms with van der Waals surface area (Å²) >= 11 is 0. The van der Waals surface area contributed by atoms with Gasteiger partial charge >= 0.3 is 0 Å². The molecule has 10 nitrogen and oxygen atoms in total. The number of aryl methyl sites for hydroxylation is 2. The predicted molar refractivity (Wildman–Crippen MR) is 150 cm³/mol. The van der Waals surface area contributed by atoms with Crippen LogP contribution >= 0.6 is 0 Å². The van der Waals surface area contributed by atoms with Crippen LogP contribution in [0.15, 0.2) is 71.6 Å². The zero-order valence-electron chi connectivity index (χ0n) is 22.0. The third kappa shape index (κ3) is 6.40. The van der Waals surface area contributed by atoms with Crippen molar-refractivity contribution >= 4 is 33.3 Å². The fourth-order valence-corrected chi connectivity index (χ4v) is 5.56. The average Bonchev–Trinajstić information content (AvgIpc) is 2.93. The monoisotopic (exact) mass is 561 g/mol. The van der Waals surface area contributed by atoms with Gasteiger partial charge in [-0.25, -0.2) is 22.8 Å². The Labute approximate surface area is 231 Å². The molecule has 1 fully saturated rings. The fraction of sp³-hybridized carbons (Fsp3) is 0.250. The van der Waals surface area contributed by atoms with Gasteiger partial charge in [-0.2, -0.15) is 0 Å². The first-order chi connectivity index (χ1) is 19.2. The van der Waals surface area contributed by atoms with E-state index >= 15 is 0 Å². The largest absolute Gasteiger partial charge is 0.355 e. The van der Waals surface area contributed by atoms with Gasteiger partial charge in [-0.3, -0.25) is 9.52 Å². The second-order valence-electron chi connectivity index (χ2n) is 9.61. The van der Waals surface area contributed by atoms with Gasteiger partial charge in [0.25, 0.3) is 10.0 Å². The molecule has 3 heterocycles. The Morgan fingerprint density at radius 1 is 0.925 bits per heavy atom. The molecule has 0 unspecified atom stereocenters. The molecule has 40 heavy (non-hydrogen) atoms. The van der Waals surface area contributed by atoms with Crippen molar-refractivity contribution in [2.75, 3.05) is 28.0 Å². The maximum Gasteiger partial charge on any atom is 0.263 e. The van der Waals surface area contributed by atoms with Crippen LogP contribution in [0.4, 0.5) is 21.7 Å². The highest BCUT2D eigenvalue weighted by molar-refractivity contribution is 7.92. The number of aromatic nitrogens is 4. The lowest BCUT2D eigenvalue weighted by Crippen LogP contribution is -2.38. The molecule has 2 aromatic carbocycles. The Morgan fingerprint density at radius 3 is 2.25 bits per heavy atom. The first-order valence-electron chi connectivity index (χ1n) is 12.8. The number of halogens is 1. The standard InChI is InChI=1S/C28H28FN7O3S/c1-18-17-26(31-19(2)30-18)35-40(38,39)24-9-7-23(8-10-24)32-28(37)21-13-15-36(16-14-21)27-12-11-25(33-34-27)20-3-5-22(29)6-4-20/h3-12,17,21H,13-16H2,1-2H3,(H,32,37)(H,30,31,35). The highest BCUT2D eigenvalue weighted by Gasteiger charge is 2.26. The first kappa shape index (κ1) is 27.1. The molecule has 1 amide bonds. The molecule has 0 aliphatic carbocycles. The topological polar surface area (TPSA) is 130 Å². The van der Waals surface area contributed by atoms with Crippen molar-refractivity contribution in [2.24, 2.45) is 5.92 Å². The van der Waals surface area contributed by atoms with E-state index in [4.69, 9.17) is 0 Å². The van der Waals surface area contributed by atoms with Gasteiger partial charge in [0.2, 0.25) is 5.91 Å². The fourth-order valence-electron chi connectivity index (χ4n) is 4.57. The maximum absolute atomic E-state index is 13.2. The van der Waals surface area contributed by atoms with Crippen molar-refractivity contribution in [3.05, 3.63) is 84.1 Å². The molecule has 0 bridgehead atoms. The molecule has 1 saturated heterocycles. The molecule has 0 saturated carbocycles. The number of hydrogen-bond acceptors (Lipinski definition) is 8. The number of carbonyl (C=O) groups excluding carboxylic acids is 1. The number of hydrogen-bond donors (Lipinski definition) is 2. The van der Waals surface area contributed by atoms with Crippen LogP contribution in [0.1, 0.15) is 24.4 Å². The number of sulfonamides is 1. The zero-order valence-corrected chi connectivity index (χ0v) is 22.8. The number of piperidine rings is 1. The summed E-state index contributed by atoms with van der Waals surface area (Å²) in [6.45, 7) is 4.74. The van der Waals surface area contributed by atoms with Crippen molar-refractivity contribution in [3.63, 3.8) is 0 Å². The minimum Gasteiger partial charge on any atom is -0.355 e. The molecule has 1 aliphatic heterocycles. The summed E-state index contributed by atoms with van der Waals surface area (Å²) in [6, 6.07) is 17.4. The minimum absolute atomic E-state index is 0.0549. The molecule has 0 spiro atoms. The number of nitrogens with zero attached hydrogens (tertiary/aromatic N) is 5. The normalized spacial score (nSPS) is 14.1. The molecular weight excluding hydrogens is 533 g/mol. The Hall–Kier alpha value is -4.45. The van der Waals surface area contributed by atoms with Crippen molar-refractivity contribution in [1.29, 1.82) is 0 Å². The lowest BCUT2D eigenvalue weighted by Gasteiger charge is -2.31. The molecule has 2 aromatic heterocycles. The number of anilines is 3. The van der Waals surface area contributed by atoms with Gasteiger partial charge in [0, 0.05) is 42.0 Å². The van der Waals surface area contributed by atoms with Crippen molar-refractivity contribution < 1.29 is 17.6 Å². The van der Waals surface area contributed by atoms with E-state index < -0.39 is 10.0 Å². The van der Waals surface area contributed by atoms with Crippen molar-refractivity contribution in [3.8, 4) is 11.3 Å². The number of amides is 1. The Balaban J connectivity index is 1.14. The van der Waals surface area contributed by atoms with Crippen LogP contribution in [0.25, 0.3) is 11.3 Å². The molecule has 0 atom stereocenters. The quantitative estimate of drug-likeness (QED) is 0.341.